The molecule has 0 spiro atoms. The van der Waals surface area contributed by atoms with Crippen LogP contribution in [0.4, 0.5) is 0 Å². The van der Waals surface area contributed by atoms with Crippen molar-refractivity contribution in [2.45, 2.75) is 77.3 Å². The van der Waals surface area contributed by atoms with E-state index in [0.717, 1.165) is 18.4 Å². The van der Waals surface area contributed by atoms with Crippen molar-refractivity contribution >= 4 is 11.8 Å². The Balaban J connectivity index is 1.73. The van der Waals surface area contributed by atoms with E-state index in [1.807, 2.05) is 12.1 Å². The van der Waals surface area contributed by atoms with E-state index < -0.39 is 6.04 Å². The van der Waals surface area contributed by atoms with Gasteiger partial charge < -0.3 is 16.4 Å². The Morgan fingerprint density at radius 2 is 1.63 bits per heavy atom. The fraction of sp³-hybridized carbons (Fsp3) is 0.636. The summed E-state index contributed by atoms with van der Waals surface area (Å²) in [6.45, 7) is 6.37. The molecule has 27 heavy (non-hydrogen) atoms. The molecular weight excluding hydrogens is 338 g/mol. The molecule has 0 radical (unpaired) electrons. The van der Waals surface area contributed by atoms with Crippen molar-refractivity contribution in [1.29, 1.82) is 0 Å². The molecule has 0 aliphatic heterocycles. The average Bonchev–Trinajstić information content (AvgIpc) is 2.66. The molecule has 1 fully saturated rings. The first-order chi connectivity index (χ1) is 12.9. The first-order valence-corrected chi connectivity index (χ1v) is 10.3. The van der Waals surface area contributed by atoms with Crippen molar-refractivity contribution in [2.75, 3.05) is 6.54 Å². The summed E-state index contributed by atoms with van der Waals surface area (Å²) in [6, 6.07) is 7.38. The van der Waals surface area contributed by atoms with Gasteiger partial charge in [0, 0.05) is 19.0 Å². The molecule has 4 N–H and O–H groups in total. The smallest absolute Gasteiger partial charge is 0.242 e. The molecule has 2 amide bonds. The monoisotopic (exact) mass is 373 g/mol. The normalized spacial score (nSPS) is 17.4. The highest BCUT2D eigenvalue weighted by Crippen LogP contribution is 2.26. The zero-order valence-corrected chi connectivity index (χ0v) is 17.0. The molecular formula is C22H35N3O2. The minimum atomic E-state index is -0.545. The third-order valence-electron chi connectivity index (χ3n) is 5.50. The fourth-order valence-corrected chi connectivity index (χ4v) is 3.63. The van der Waals surface area contributed by atoms with Gasteiger partial charge in [-0.05, 0) is 42.7 Å². The molecule has 0 heterocycles. The van der Waals surface area contributed by atoms with Crippen molar-refractivity contribution in [2.24, 2.45) is 11.7 Å². The van der Waals surface area contributed by atoms with Crippen LogP contribution >= 0.6 is 0 Å². The van der Waals surface area contributed by atoms with Gasteiger partial charge in [-0.2, -0.15) is 0 Å². The van der Waals surface area contributed by atoms with Crippen LogP contribution in [0.3, 0.4) is 0 Å². The van der Waals surface area contributed by atoms with E-state index >= 15 is 0 Å². The SMILES string of the molecule is CC(NC(=O)CC1CCCCC1)C(=O)NCC(N)c1ccc(C(C)C)cc1. The van der Waals surface area contributed by atoms with Crippen LogP contribution in [0, 0.1) is 5.92 Å². The van der Waals surface area contributed by atoms with Gasteiger partial charge in [0.15, 0.2) is 0 Å². The lowest BCUT2D eigenvalue weighted by molar-refractivity contribution is -0.129. The lowest BCUT2D eigenvalue weighted by Gasteiger charge is -2.22. The number of hydrogen-bond donors (Lipinski definition) is 3. The van der Waals surface area contributed by atoms with E-state index in [-0.39, 0.29) is 17.9 Å². The molecule has 1 aliphatic rings. The highest BCUT2D eigenvalue weighted by Gasteiger charge is 2.20. The zero-order valence-electron chi connectivity index (χ0n) is 17.0. The zero-order chi connectivity index (χ0) is 19.8. The van der Waals surface area contributed by atoms with Crippen LogP contribution in [0.25, 0.3) is 0 Å². The second-order valence-electron chi connectivity index (χ2n) is 8.17. The number of benzene rings is 1. The third-order valence-corrected chi connectivity index (χ3v) is 5.50. The van der Waals surface area contributed by atoms with Crippen molar-refractivity contribution in [3.8, 4) is 0 Å². The number of nitrogens with one attached hydrogen (secondary N) is 2. The standard InChI is InChI=1S/C22H35N3O2/c1-15(2)18-9-11-19(12-10-18)20(23)14-24-22(27)16(3)25-21(26)13-17-7-5-4-6-8-17/h9-12,15-17,20H,4-8,13-14,23H2,1-3H3,(H,24,27)(H,25,26). The minimum Gasteiger partial charge on any atom is -0.352 e. The van der Waals surface area contributed by atoms with Crippen LogP contribution in [0.15, 0.2) is 24.3 Å². The quantitative estimate of drug-likeness (QED) is 0.653. The highest BCUT2D eigenvalue weighted by atomic mass is 16.2. The van der Waals surface area contributed by atoms with Crippen LogP contribution in [0.1, 0.15) is 82.4 Å². The number of carbonyl (C=O) groups is 2. The molecule has 2 unspecified atom stereocenters. The van der Waals surface area contributed by atoms with Crippen molar-refractivity contribution in [1.82, 2.24) is 10.6 Å². The summed E-state index contributed by atoms with van der Waals surface area (Å²) in [5.41, 5.74) is 8.45. The number of nitrogens with two attached hydrogens (primary N) is 1. The Hall–Kier alpha value is -1.88. The Bertz CT molecular complexity index is 606. The summed E-state index contributed by atoms with van der Waals surface area (Å²) in [7, 11) is 0. The van der Waals surface area contributed by atoms with Gasteiger partial charge in [0.2, 0.25) is 11.8 Å². The maximum atomic E-state index is 12.3. The summed E-state index contributed by atoms with van der Waals surface area (Å²) in [5.74, 6) is 0.726. The summed E-state index contributed by atoms with van der Waals surface area (Å²) < 4.78 is 0. The number of hydrogen-bond acceptors (Lipinski definition) is 3. The van der Waals surface area contributed by atoms with Crippen LogP contribution in [0.2, 0.25) is 0 Å². The molecule has 150 valence electrons. The van der Waals surface area contributed by atoms with Crippen LogP contribution in [0.5, 0.6) is 0 Å². The molecule has 0 saturated heterocycles. The van der Waals surface area contributed by atoms with Crippen molar-refractivity contribution in [3.63, 3.8) is 0 Å². The van der Waals surface area contributed by atoms with Gasteiger partial charge in [0.05, 0.1) is 0 Å². The first kappa shape index (κ1) is 21.4. The predicted octanol–water partition coefficient (Wildman–Crippen LogP) is 3.40. The minimum absolute atomic E-state index is 0.0295. The highest BCUT2D eigenvalue weighted by molar-refractivity contribution is 5.87. The Morgan fingerprint density at radius 1 is 1.04 bits per heavy atom. The van der Waals surface area contributed by atoms with Gasteiger partial charge in [-0.3, -0.25) is 9.59 Å². The summed E-state index contributed by atoms with van der Waals surface area (Å²) in [6.07, 6.45) is 6.47. The molecule has 0 aromatic heterocycles. The van der Waals surface area contributed by atoms with Crippen LogP contribution < -0.4 is 16.4 Å². The van der Waals surface area contributed by atoms with Gasteiger partial charge in [-0.1, -0.05) is 57.4 Å². The Kier molecular flexibility index (Phi) is 8.29. The van der Waals surface area contributed by atoms with E-state index in [4.69, 9.17) is 5.73 Å². The lowest BCUT2D eigenvalue weighted by atomic mass is 9.87. The molecule has 0 bridgehead atoms. The number of carbonyl (C=O) groups excluding carboxylic acids is 2. The molecule has 5 heteroatoms. The van der Waals surface area contributed by atoms with Crippen molar-refractivity contribution < 1.29 is 9.59 Å². The molecule has 5 nitrogen and oxygen atoms in total. The number of rotatable bonds is 8. The topological polar surface area (TPSA) is 84.2 Å². The first-order valence-electron chi connectivity index (χ1n) is 10.3. The van der Waals surface area contributed by atoms with Crippen LogP contribution in [-0.2, 0) is 9.59 Å². The molecule has 1 aliphatic carbocycles. The summed E-state index contributed by atoms with van der Waals surface area (Å²) in [4.78, 5) is 24.4. The molecule has 1 saturated carbocycles. The van der Waals surface area contributed by atoms with E-state index in [1.54, 1.807) is 6.92 Å². The van der Waals surface area contributed by atoms with E-state index in [9.17, 15) is 9.59 Å². The van der Waals surface area contributed by atoms with Gasteiger partial charge >= 0.3 is 0 Å². The molecule has 1 aromatic carbocycles. The second kappa shape index (κ2) is 10.5. The van der Waals surface area contributed by atoms with Gasteiger partial charge in [-0.25, -0.2) is 0 Å². The van der Waals surface area contributed by atoms with Gasteiger partial charge in [0.1, 0.15) is 6.04 Å². The average molecular weight is 374 g/mol. The largest absolute Gasteiger partial charge is 0.352 e. The lowest BCUT2D eigenvalue weighted by Crippen LogP contribution is -2.46. The molecule has 1 aromatic rings. The second-order valence-corrected chi connectivity index (χ2v) is 8.17. The van der Waals surface area contributed by atoms with Crippen molar-refractivity contribution in [3.05, 3.63) is 35.4 Å². The fourth-order valence-electron chi connectivity index (χ4n) is 3.63. The van der Waals surface area contributed by atoms with Gasteiger partial charge in [0.25, 0.3) is 0 Å². The summed E-state index contributed by atoms with van der Waals surface area (Å²) in [5, 5.41) is 5.67. The predicted molar refractivity (Wildman–Crippen MR) is 109 cm³/mol. The Labute approximate surface area is 163 Å². The maximum Gasteiger partial charge on any atom is 0.242 e. The van der Waals surface area contributed by atoms with E-state index in [0.29, 0.717) is 24.8 Å². The maximum absolute atomic E-state index is 12.3. The molecule has 2 atom stereocenters. The Morgan fingerprint density at radius 3 is 2.22 bits per heavy atom. The third kappa shape index (κ3) is 6.98. The van der Waals surface area contributed by atoms with E-state index in [1.165, 1.54) is 24.8 Å². The van der Waals surface area contributed by atoms with Crippen LogP contribution in [-0.4, -0.2) is 24.4 Å². The summed E-state index contributed by atoms with van der Waals surface area (Å²) >= 11 is 0. The van der Waals surface area contributed by atoms with E-state index in [2.05, 4.69) is 36.6 Å². The molecule has 2 rings (SSSR count). The number of amides is 2. The van der Waals surface area contributed by atoms with Gasteiger partial charge in [-0.15, -0.1) is 0 Å².